The van der Waals surface area contributed by atoms with Crippen LogP contribution in [-0.2, 0) is 14.4 Å². The number of nitrogens with one attached hydrogen (secondary N) is 1. The summed E-state index contributed by atoms with van der Waals surface area (Å²) in [5.41, 5.74) is 0. The Kier molecular flexibility index (Phi) is 2.80. The molecule has 0 aromatic rings. The summed E-state index contributed by atoms with van der Waals surface area (Å²) in [6.07, 6.45) is 0.738. The third-order valence-electron chi connectivity index (χ3n) is 3.18. The highest BCUT2D eigenvalue weighted by atomic mass is 16.4. The second-order valence-corrected chi connectivity index (χ2v) is 4.31. The molecule has 0 radical (unpaired) electrons. The normalized spacial score (nSPS) is 29.2. The number of carboxylic acid groups (broad SMARTS) is 1. The number of rotatable bonds is 2. The summed E-state index contributed by atoms with van der Waals surface area (Å²) >= 11 is 0. The minimum atomic E-state index is -0.851. The molecule has 2 saturated heterocycles. The average molecular weight is 226 g/mol. The number of carbonyl (C=O) groups excluding carboxylic acids is 2. The molecule has 0 aromatic heterocycles. The number of carboxylic acids is 1. The molecule has 88 valence electrons. The molecule has 2 unspecified atom stereocenters. The van der Waals surface area contributed by atoms with Crippen LogP contribution in [0.2, 0.25) is 0 Å². The Bertz CT molecular complexity index is 342. The molecular formula is C10H14N2O4. The maximum absolute atomic E-state index is 11.9. The molecule has 2 aliphatic rings. The second-order valence-electron chi connectivity index (χ2n) is 4.31. The molecule has 0 bridgehead atoms. The lowest BCUT2D eigenvalue weighted by Crippen LogP contribution is -2.36. The molecular weight excluding hydrogens is 212 g/mol. The van der Waals surface area contributed by atoms with E-state index < -0.39 is 11.9 Å². The largest absolute Gasteiger partial charge is 0.481 e. The van der Waals surface area contributed by atoms with E-state index in [1.807, 2.05) is 0 Å². The van der Waals surface area contributed by atoms with Crippen molar-refractivity contribution in [2.24, 2.45) is 11.8 Å². The summed E-state index contributed by atoms with van der Waals surface area (Å²) in [6, 6.07) is 0. The monoisotopic (exact) mass is 226 g/mol. The number of amides is 2. The Labute approximate surface area is 92.6 Å². The van der Waals surface area contributed by atoms with Gasteiger partial charge in [-0.1, -0.05) is 0 Å². The molecule has 16 heavy (non-hydrogen) atoms. The Balaban J connectivity index is 1.92. The van der Waals surface area contributed by atoms with Gasteiger partial charge in [-0.2, -0.15) is 0 Å². The average Bonchev–Trinajstić information content (AvgIpc) is 2.84. The van der Waals surface area contributed by atoms with Crippen molar-refractivity contribution < 1.29 is 19.5 Å². The number of likely N-dealkylation sites (tertiary alicyclic amines) is 1. The lowest BCUT2D eigenvalue weighted by molar-refractivity contribution is -0.141. The molecule has 6 nitrogen and oxygen atoms in total. The van der Waals surface area contributed by atoms with Gasteiger partial charge in [0.25, 0.3) is 0 Å². The third kappa shape index (κ3) is 2.00. The van der Waals surface area contributed by atoms with E-state index in [0.29, 0.717) is 19.5 Å². The standard InChI is InChI=1S/C10H14N2O4/c13-8-3-7(4-11-8)9(14)12-2-1-6(5-12)10(15)16/h6-7H,1-5H2,(H,11,13)(H,15,16). The van der Waals surface area contributed by atoms with E-state index in [0.717, 1.165) is 0 Å². The van der Waals surface area contributed by atoms with Crippen LogP contribution in [-0.4, -0.2) is 47.4 Å². The van der Waals surface area contributed by atoms with Crippen molar-refractivity contribution in [3.8, 4) is 0 Å². The van der Waals surface area contributed by atoms with Crippen LogP contribution >= 0.6 is 0 Å². The van der Waals surface area contributed by atoms with E-state index >= 15 is 0 Å². The molecule has 2 heterocycles. The molecule has 6 heteroatoms. The maximum Gasteiger partial charge on any atom is 0.308 e. The highest BCUT2D eigenvalue weighted by Crippen LogP contribution is 2.21. The van der Waals surface area contributed by atoms with Gasteiger partial charge in [0.2, 0.25) is 11.8 Å². The fraction of sp³-hybridized carbons (Fsp3) is 0.700. The minimum Gasteiger partial charge on any atom is -0.481 e. The third-order valence-corrected chi connectivity index (χ3v) is 3.18. The predicted octanol–water partition coefficient (Wildman–Crippen LogP) is -0.944. The molecule has 0 aromatic carbocycles. The number of carbonyl (C=O) groups is 3. The molecule has 2 rings (SSSR count). The van der Waals surface area contributed by atoms with Crippen molar-refractivity contribution in [1.82, 2.24) is 10.2 Å². The predicted molar refractivity (Wildman–Crippen MR) is 53.4 cm³/mol. The highest BCUT2D eigenvalue weighted by molar-refractivity contribution is 5.89. The zero-order chi connectivity index (χ0) is 11.7. The highest BCUT2D eigenvalue weighted by Gasteiger charge is 2.36. The summed E-state index contributed by atoms with van der Waals surface area (Å²) < 4.78 is 0. The van der Waals surface area contributed by atoms with Crippen molar-refractivity contribution in [2.45, 2.75) is 12.8 Å². The van der Waals surface area contributed by atoms with Gasteiger partial charge in [-0.15, -0.1) is 0 Å². The van der Waals surface area contributed by atoms with E-state index in [9.17, 15) is 14.4 Å². The number of hydrogen-bond acceptors (Lipinski definition) is 3. The first-order valence-corrected chi connectivity index (χ1v) is 5.36. The van der Waals surface area contributed by atoms with Gasteiger partial charge in [0.1, 0.15) is 0 Å². The fourth-order valence-electron chi connectivity index (χ4n) is 2.20. The maximum atomic E-state index is 11.9. The van der Waals surface area contributed by atoms with Gasteiger partial charge in [0.05, 0.1) is 11.8 Å². The summed E-state index contributed by atoms with van der Waals surface area (Å²) in [5, 5.41) is 11.4. The van der Waals surface area contributed by atoms with Crippen LogP contribution in [0.5, 0.6) is 0 Å². The van der Waals surface area contributed by atoms with Gasteiger partial charge in [-0.05, 0) is 6.42 Å². The summed E-state index contributed by atoms with van der Waals surface area (Å²) in [7, 11) is 0. The van der Waals surface area contributed by atoms with Crippen LogP contribution in [0, 0.1) is 11.8 Å². The van der Waals surface area contributed by atoms with E-state index in [2.05, 4.69) is 5.32 Å². The Morgan fingerprint density at radius 1 is 1.38 bits per heavy atom. The smallest absolute Gasteiger partial charge is 0.308 e. The van der Waals surface area contributed by atoms with Gasteiger partial charge >= 0.3 is 5.97 Å². The van der Waals surface area contributed by atoms with Crippen molar-refractivity contribution in [3.63, 3.8) is 0 Å². The first-order chi connectivity index (χ1) is 7.58. The van der Waals surface area contributed by atoms with Crippen LogP contribution < -0.4 is 5.32 Å². The first-order valence-electron chi connectivity index (χ1n) is 5.36. The zero-order valence-electron chi connectivity index (χ0n) is 8.81. The van der Waals surface area contributed by atoms with E-state index in [1.165, 1.54) is 0 Å². The van der Waals surface area contributed by atoms with Crippen LogP contribution in [0.15, 0.2) is 0 Å². The first kappa shape index (κ1) is 10.9. The van der Waals surface area contributed by atoms with E-state index in [4.69, 9.17) is 5.11 Å². The van der Waals surface area contributed by atoms with E-state index in [-0.39, 0.29) is 30.7 Å². The van der Waals surface area contributed by atoms with Crippen LogP contribution in [0.4, 0.5) is 0 Å². The van der Waals surface area contributed by atoms with Crippen LogP contribution in [0.3, 0.4) is 0 Å². The van der Waals surface area contributed by atoms with Gasteiger partial charge in [0, 0.05) is 26.1 Å². The Morgan fingerprint density at radius 3 is 2.62 bits per heavy atom. The Hall–Kier alpha value is -1.59. The van der Waals surface area contributed by atoms with Crippen LogP contribution in [0.25, 0.3) is 0 Å². The van der Waals surface area contributed by atoms with Gasteiger partial charge in [0.15, 0.2) is 0 Å². The molecule has 2 amide bonds. The topological polar surface area (TPSA) is 86.7 Å². The summed E-state index contributed by atoms with van der Waals surface area (Å²) in [6.45, 7) is 1.14. The molecule has 0 saturated carbocycles. The molecule has 2 fully saturated rings. The zero-order valence-corrected chi connectivity index (χ0v) is 8.81. The second kappa shape index (κ2) is 4.11. The van der Waals surface area contributed by atoms with Crippen molar-refractivity contribution in [3.05, 3.63) is 0 Å². The van der Waals surface area contributed by atoms with Gasteiger partial charge in [-0.25, -0.2) is 0 Å². The number of nitrogens with zero attached hydrogens (tertiary/aromatic N) is 1. The van der Waals surface area contributed by atoms with E-state index in [1.54, 1.807) is 4.90 Å². The van der Waals surface area contributed by atoms with Crippen molar-refractivity contribution >= 4 is 17.8 Å². The number of aliphatic carboxylic acids is 1. The number of hydrogen-bond donors (Lipinski definition) is 2. The summed E-state index contributed by atoms with van der Waals surface area (Å²) in [5.74, 6) is -1.81. The quantitative estimate of drug-likeness (QED) is 0.636. The van der Waals surface area contributed by atoms with Crippen LogP contribution in [0.1, 0.15) is 12.8 Å². The van der Waals surface area contributed by atoms with Gasteiger partial charge < -0.3 is 15.3 Å². The Morgan fingerprint density at radius 2 is 2.12 bits per heavy atom. The SMILES string of the molecule is O=C1CC(C(=O)N2CCC(C(=O)O)C2)CN1. The molecule has 0 aliphatic carbocycles. The minimum absolute atomic E-state index is 0.0953. The lowest BCUT2D eigenvalue weighted by atomic mass is 10.1. The molecule has 2 aliphatic heterocycles. The molecule has 2 N–H and O–H groups in total. The fourth-order valence-corrected chi connectivity index (χ4v) is 2.20. The lowest BCUT2D eigenvalue weighted by Gasteiger charge is -2.18. The molecule has 0 spiro atoms. The summed E-state index contributed by atoms with van der Waals surface area (Å²) in [4.78, 5) is 35.2. The van der Waals surface area contributed by atoms with Gasteiger partial charge in [-0.3, -0.25) is 14.4 Å². The van der Waals surface area contributed by atoms with Crippen molar-refractivity contribution in [2.75, 3.05) is 19.6 Å². The molecule has 2 atom stereocenters. The van der Waals surface area contributed by atoms with Crippen molar-refractivity contribution in [1.29, 1.82) is 0 Å².